The molecule has 184 valence electrons. The van der Waals surface area contributed by atoms with Crippen LogP contribution in [0.2, 0.25) is 0 Å². The summed E-state index contributed by atoms with van der Waals surface area (Å²) in [6.07, 6.45) is 9.57. The maximum Gasteiger partial charge on any atom is 0.319 e. The van der Waals surface area contributed by atoms with Gasteiger partial charge in [-0.3, -0.25) is 9.80 Å². The Morgan fingerprint density at radius 1 is 1.15 bits per heavy atom. The highest BCUT2D eigenvalue weighted by Gasteiger charge is 2.46. The number of rotatable bonds is 8. The third-order valence-corrected chi connectivity index (χ3v) is 8.17. The Morgan fingerprint density at radius 3 is 2.24 bits per heavy atom. The van der Waals surface area contributed by atoms with Gasteiger partial charge in [0, 0.05) is 18.6 Å². The summed E-state index contributed by atoms with van der Waals surface area (Å²) in [6, 6.07) is 10.3. The molecular weight excluding hydrogens is 467 g/mol. The van der Waals surface area contributed by atoms with Crippen molar-refractivity contribution in [2.24, 2.45) is 17.1 Å². The number of primary amides is 1. The number of anilines is 1. The molecule has 2 N–H and O–H groups in total. The van der Waals surface area contributed by atoms with Crippen LogP contribution < -0.4 is 10.6 Å². The van der Waals surface area contributed by atoms with Crippen LogP contribution in [-0.2, 0) is 10.7 Å². The number of hydrogen-bond acceptors (Lipinski definition) is 4. The van der Waals surface area contributed by atoms with Gasteiger partial charge in [-0.1, -0.05) is 55.7 Å². The van der Waals surface area contributed by atoms with Crippen molar-refractivity contribution in [1.82, 2.24) is 14.9 Å². The molecule has 2 aliphatic carbocycles. The van der Waals surface area contributed by atoms with Crippen molar-refractivity contribution >= 4 is 30.2 Å². The highest BCUT2D eigenvalue weighted by molar-refractivity contribution is 7.38. The van der Waals surface area contributed by atoms with E-state index in [1.165, 1.54) is 35.7 Å². The summed E-state index contributed by atoms with van der Waals surface area (Å²) in [5.41, 5.74) is 7.54. The van der Waals surface area contributed by atoms with E-state index >= 15 is 0 Å². The molecule has 2 fully saturated rings. The van der Waals surface area contributed by atoms with Gasteiger partial charge in [0.25, 0.3) is 0 Å². The standard InChI is InChI=1S/C25H36FN5OP2/c1-23(17-31(22(27)32)20-14-28-21(29-15-20)25(26,33)34)10-12-24(13-11-23,19-6-4-3-5-7-19)30(2)16-18-8-9-18/h3-7,14-15,18H,8-13,16-17,33-34H2,1-2H3,(H2,27,32)/t23-,24-. The monoisotopic (exact) mass is 503 g/mol. The number of carbonyl (C=O) groups is 1. The number of benzene rings is 1. The lowest BCUT2D eigenvalue weighted by molar-refractivity contribution is 0.0256. The van der Waals surface area contributed by atoms with Gasteiger partial charge in [0.2, 0.25) is 0 Å². The quantitative estimate of drug-likeness (QED) is 0.514. The van der Waals surface area contributed by atoms with E-state index in [1.54, 1.807) is 0 Å². The van der Waals surface area contributed by atoms with Crippen LogP contribution in [-0.4, -0.2) is 41.0 Å². The zero-order valence-corrected chi connectivity index (χ0v) is 22.4. The molecule has 2 atom stereocenters. The lowest BCUT2D eigenvalue weighted by Crippen LogP contribution is -2.51. The maximum atomic E-state index is 14.1. The summed E-state index contributed by atoms with van der Waals surface area (Å²) in [5.74, 6) is 0.837. The van der Waals surface area contributed by atoms with E-state index in [4.69, 9.17) is 5.73 Å². The van der Waals surface area contributed by atoms with Crippen molar-refractivity contribution in [2.45, 2.75) is 56.1 Å². The lowest BCUT2D eigenvalue weighted by atomic mass is 9.65. The molecule has 2 aromatic rings. The Balaban J connectivity index is 1.52. The predicted molar refractivity (Wildman–Crippen MR) is 141 cm³/mol. The Morgan fingerprint density at radius 2 is 1.74 bits per heavy atom. The number of halogens is 1. The maximum absolute atomic E-state index is 14.1. The molecule has 4 rings (SSSR count). The smallest absolute Gasteiger partial charge is 0.319 e. The van der Waals surface area contributed by atoms with Crippen molar-refractivity contribution in [1.29, 1.82) is 0 Å². The molecule has 1 aromatic heterocycles. The Bertz CT molecular complexity index is 987. The van der Waals surface area contributed by atoms with Gasteiger partial charge in [-0.15, -0.1) is 0 Å². The number of hydrogen-bond donors (Lipinski definition) is 1. The molecule has 0 spiro atoms. The van der Waals surface area contributed by atoms with E-state index in [-0.39, 0.29) is 16.8 Å². The van der Waals surface area contributed by atoms with Crippen molar-refractivity contribution < 1.29 is 9.18 Å². The van der Waals surface area contributed by atoms with Crippen LogP contribution >= 0.6 is 18.5 Å². The van der Waals surface area contributed by atoms with Crippen LogP contribution in [0.4, 0.5) is 14.9 Å². The number of nitrogens with two attached hydrogens (primary N) is 1. The second-order valence-electron chi connectivity index (χ2n) is 10.5. The largest absolute Gasteiger partial charge is 0.351 e. The summed E-state index contributed by atoms with van der Waals surface area (Å²) < 4.78 is 14.1. The molecule has 9 heteroatoms. The normalized spacial score (nSPS) is 25.4. The fraction of sp³-hybridized carbons (Fsp3) is 0.560. The topological polar surface area (TPSA) is 75.3 Å². The Kier molecular flexibility index (Phi) is 7.29. The van der Waals surface area contributed by atoms with Gasteiger partial charge in [0.1, 0.15) is 0 Å². The molecular formula is C25H36FN5OP2. The summed E-state index contributed by atoms with van der Waals surface area (Å²) in [6.45, 7) is 3.83. The predicted octanol–water partition coefficient (Wildman–Crippen LogP) is 5.01. The average Bonchev–Trinajstić information content (AvgIpc) is 3.62. The average molecular weight is 504 g/mol. The van der Waals surface area contributed by atoms with Gasteiger partial charge >= 0.3 is 6.03 Å². The van der Waals surface area contributed by atoms with Crippen molar-refractivity contribution in [3.8, 4) is 0 Å². The van der Waals surface area contributed by atoms with Gasteiger partial charge in [0.05, 0.1) is 18.1 Å². The highest BCUT2D eigenvalue weighted by Crippen LogP contribution is 2.50. The van der Waals surface area contributed by atoms with E-state index in [0.717, 1.165) is 38.1 Å². The molecule has 2 aliphatic rings. The summed E-state index contributed by atoms with van der Waals surface area (Å²) in [4.78, 5) is 24.7. The van der Waals surface area contributed by atoms with E-state index in [2.05, 4.69) is 59.2 Å². The first kappa shape index (κ1) is 25.4. The minimum atomic E-state index is -1.81. The zero-order chi connectivity index (χ0) is 24.6. The van der Waals surface area contributed by atoms with Crippen molar-refractivity contribution in [2.75, 3.05) is 25.0 Å². The molecule has 2 amide bonds. The van der Waals surface area contributed by atoms with Crippen LogP contribution in [0.15, 0.2) is 42.7 Å². The molecule has 0 aliphatic heterocycles. The number of carbonyl (C=O) groups excluding carboxylic acids is 1. The number of nitrogens with zero attached hydrogens (tertiary/aromatic N) is 4. The molecule has 6 nitrogen and oxygen atoms in total. The second kappa shape index (κ2) is 9.76. The first-order valence-electron chi connectivity index (χ1n) is 12.0. The molecule has 34 heavy (non-hydrogen) atoms. The Labute approximate surface area is 206 Å². The third-order valence-electron chi connectivity index (χ3n) is 7.65. The molecule has 2 saturated carbocycles. The lowest BCUT2D eigenvalue weighted by Gasteiger charge is -2.51. The number of aromatic nitrogens is 2. The first-order valence-corrected chi connectivity index (χ1v) is 13.1. The molecule has 0 saturated heterocycles. The third kappa shape index (κ3) is 5.58. The number of amides is 2. The van der Waals surface area contributed by atoms with Crippen molar-refractivity contribution in [3.63, 3.8) is 0 Å². The van der Waals surface area contributed by atoms with Crippen LogP contribution in [0.25, 0.3) is 0 Å². The van der Waals surface area contributed by atoms with Gasteiger partial charge in [0.15, 0.2) is 11.0 Å². The summed E-state index contributed by atoms with van der Waals surface area (Å²) >= 11 is 0. The van der Waals surface area contributed by atoms with Gasteiger partial charge in [-0.05, 0) is 62.5 Å². The molecule has 0 bridgehead atoms. The van der Waals surface area contributed by atoms with E-state index < -0.39 is 11.2 Å². The van der Waals surface area contributed by atoms with Crippen LogP contribution in [0, 0.1) is 11.3 Å². The van der Waals surface area contributed by atoms with Gasteiger partial charge < -0.3 is 5.73 Å². The zero-order valence-electron chi connectivity index (χ0n) is 20.1. The van der Waals surface area contributed by atoms with E-state index in [9.17, 15) is 9.18 Å². The minimum absolute atomic E-state index is 0.00765. The fourth-order valence-electron chi connectivity index (χ4n) is 5.26. The SMILES string of the molecule is CN(CC1CC1)[C@]1(c2ccccc2)CC[C@@](C)(CN(C(N)=O)c2cnc(C(F)(P)P)nc2)CC1. The van der Waals surface area contributed by atoms with Gasteiger partial charge in [-0.25, -0.2) is 19.2 Å². The fourth-order valence-corrected chi connectivity index (χ4v) is 5.56. The first-order chi connectivity index (χ1) is 16.0. The minimum Gasteiger partial charge on any atom is -0.351 e. The second-order valence-corrected chi connectivity index (χ2v) is 12.8. The van der Waals surface area contributed by atoms with E-state index in [1.807, 2.05) is 18.5 Å². The van der Waals surface area contributed by atoms with Crippen LogP contribution in [0.5, 0.6) is 0 Å². The summed E-state index contributed by atoms with van der Waals surface area (Å²) in [7, 11) is 6.36. The molecule has 1 heterocycles. The van der Waals surface area contributed by atoms with Crippen LogP contribution in [0.1, 0.15) is 56.8 Å². The van der Waals surface area contributed by atoms with Crippen molar-refractivity contribution in [3.05, 3.63) is 54.1 Å². The van der Waals surface area contributed by atoms with E-state index in [0.29, 0.717) is 12.2 Å². The highest BCUT2D eigenvalue weighted by atomic mass is 31.1. The summed E-state index contributed by atoms with van der Waals surface area (Å²) in [5, 5.41) is -1.81. The molecule has 0 radical (unpaired) electrons. The molecule has 1 aromatic carbocycles. The molecule has 2 unspecified atom stereocenters. The van der Waals surface area contributed by atoms with Gasteiger partial charge in [-0.2, -0.15) is 0 Å². The number of alkyl halides is 1. The Hall–Kier alpha value is -1.68. The number of urea groups is 1. The van der Waals surface area contributed by atoms with Crippen LogP contribution in [0.3, 0.4) is 0 Å².